The van der Waals surface area contributed by atoms with Crippen LogP contribution in [0.3, 0.4) is 0 Å². The molecule has 2 unspecified atom stereocenters. The molecule has 1 fully saturated rings. The average Bonchev–Trinajstić information content (AvgIpc) is 2.20. The Bertz CT molecular complexity index is 363. The summed E-state index contributed by atoms with van der Waals surface area (Å²) in [5.41, 5.74) is 4.12. The number of aryl methyl sites for hydroxylation is 2. The van der Waals surface area contributed by atoms with E-state index in [0.29, 0.717) is 12.1 Å². The van der Waals surface area contributed by atoms with Gasteiger partial charge in [0.2, 0.25) is 0 Å². The predicted molar refractivity (Wildman–Crippen MR) is 70.2 cm³/mol. The van der Waals surface area contributed by atoms with Crippen LogP contribution in [0, 0.1) is 13.8 Å². The molecule has 1 aromatic rings. The van der Waals surface area contributed by atoms with Crippen molar-refractivity contribution in [1.82, 2.24) is 5.32 Å². The van der Waals surface area contributed by atoms with Gasteiger partial charge in [-0.15, -0.1) is 0 Å². The van der Waals surface area contributed by atoms with Crippen molar-refractivity contribution in [2.24, 2.45) is 0 Å². The quantitative estimate of drug-likeness (QED) is 0.779. The molecule has 1 saturated heterocycles. The van der Waals surface area contributed by atoms with E-state index in [1.807, 2.05) is 0 Å². The highest BCUT2D eigenvalue weighted by molar-refractivity contribution is 5.51. The van der Waals surface area contributed by atoms with Crippen LogP contribution in [-0.4, -0.2) is 25.2 Å². The SMILES string of the molecule is Cc1ccc(N2CC(C)NC(C)C2)cc1C. The average molecular weight is 218 g/mol. The van der Waals surface area contributed by atoms with Gasteiger partial charge in [-0.1, -0.05) is 6.07 Å². The molecular weight excluding hydrogens is 196 g/mol. The van der Waals surface area contributed by atoms with Gasteiger partial charge < -0.3 is 10.2 Å². The molecule has 0 bridgehead atoms. The fourth-order valence-electron chi connectivity index (χ4n) is 2.46. The minimum atomic E-state index is 0.574. The lowest BCUT2D eigenvalue weighted by molar-refractivity contribution is 0.407. The summed E-state index contributed by atoms with van der Waals surface area (Å²) in [6.45, 7) is 11.1. The Balaban J connectivity index is 2.19. The molecular formula is C14H22N2. The molecule has 2 atom stereocenters. The summed E-state index contributed by atoms with van der Waals surface area (Å²) in [5, 5.41) is 3.56. The maximum Gasteiger partial charge on any atom is 0.0370 e. The van der Waals surface area contributed by atoms with E-state index in [0.717, 1.165) is 13.1 Å². The van der Waals surface area contributed by atoms with Crippen LogP contribution in [0.5, 0.6) is 0 Å². The Hall–Kier alpha value is -1.02. The highest BCUT2D eigenvalue weighted by atomic mass is 15.2. The minimum Gasteiger partial charge on any atom is -0.368 e. The molecule has 2 heteroatoms. The standard InChI is InChI=1S/C14H22N2/c1-10-5-6-14(7-11(10)2)16-8-12(3)15-13(4)9-16/h5-7,12-13,15H,8-9H2,1-4H3. The Kier molecular flexibility index (Phi) is 3.20. The maximum absolute atomic E-state index is 3.56. The Morgan fingerprint density at radius 3 is 2.25 bits per heavy atom. The lowest BCUT2D eigenvalue weighted by Crippen LogP contribution is -2.54. The highest BCUT2D eigenvalue weighted by Crippen LogP contribution is 2.21. The first-order chi connectivity index (χ1) is 7.56. The molecule has 1 aliphatic heterocycles. The second-order valence-corrected chi connectivity index (χ2v) is 5.14. The third kappa shape index (κ3) is 2.38. The largest absolute Gasteiger partial charge is 0.368 e. The van der Waals surface area contributed by atoms with E-state index < -0.39 is 0 Å². The van der Waals surface area contributed by atoms with Crippen LogP contribution in [0.1, 0.15) is 25.0 Å². The lowest BCUT2D eigenvalue weighted by Gasteiger charge is -2.37. The van der Waals surface area contributed by atoms with Crippen molar-refractivity contribution in [1.29, 1.82) is 0 Å². The molecule has 1 aliphatic rings. The van der Waals surface area contributed by atoms with Crippen LogP contribution in [0.4, 0.5) is 5.69 Å². The lowest BCUT2D eigenvalue weighted by atomic mass is 10.1. The van der Waals surface area contributed by atoms with Gasteiger partial charge in [-0.25, -0.2) is 0 Å². The first kappa shape index (κ1) is 11.5. The van der Waals surface area contributed by atoms with Crippen molar-refractivity contribution in [2.45, 2.75) is 39.8 Å². The highest BCUT2D eigenvalue weighted by Gasteiger charge is 2.20. The fraction of sp³-hybridized carbons (Fsp3) is 0.571. The summed E-state index contributed by atoms with van der Waals surface area (Å²) in [4.78, 5) is 2.48. The number of benzene rings is 1. The second-order valence-electron chi connectivity index (χ2n) is 5.14. The van der Waals surface area contributed by atoms with Gasteiger partial charge in [-0.2, -0.15) is 0 Å². The van der Waals surface area contributed by atoms with Crippen LogP contribution in [0.2, 0.25) is 0 Å². The van der Waals surface area contributed by atoms with Gasteiger partial charge in [0.1, 0.15) is 0 Å². The number of piperazine rings is 1. The maximum atomic E-state index is 3.56. The van der Waals surface area contributed by atoms with Crippen molar-refractivity contribution in [3.05, 3.63) is 29.3 Å². The number of anilines is 1. The molecule has 0 aromatic heterocycles. The van der Waals surface area contributed by atoms with Crippen LogP contribution in [0.25, 0.3) is 0 Å². The summed E-state index contributed by atoms with van der Waals surface area (Å²) >= 11 is 0. The molecule has 2 rings (SSSR count). The normalized spacial score (nSPS) is 25.9. The van der Waals surface area contributed by atoms with Gasteiger partial charge >= 0.3 is 0 Å². The van der Waals surface area contributed by atoms with Crippen molar-refractivity contribution < 1.29 is 0 Å². The molecule has 0 spiro atoms. The van der Waals surface area contributed by atoms with Gasteiger partial charge in [0.05, 0.1) is 0 Å². The van der Waals surface area contributed by atoms with Crippen LogP contribution in [0.15, 0.2) is 18.2 Å². The topological polar surface area (TPSA) is 15.3 Å². The number of hydrogen-bond donors (Lipinski definition) is 1. The zero-order valence-corrected chi connectivity index (χ0v) is 10.7. The molecule has 1 N–H and O–H groups in total. The third-order valence-corrected chi connectivity index (χ3v) is 3.41. The number of hydrogen-bond acceptors (Lipinski definition) is 2. The number of nitrogens with one attached hydrogen (secondary N) is 1. The predicted octanol–water partition coefficient (Wildman–Crippen LogP) is 2.49. The fourth-order valence-corrected chi connectivity index (χ4v) is 2.46. The number of rotatable bonds is 1. The van der Waals surface area contributed by atoms with Crippen LogP contribution < -0.4 is 10.2 Å². The van der Waals surface area contributed by atoms with Gasteiger partial charge in [0, 0.05) is 30.9 Å². The Morgan fingerprint density at radius 2 is 1.69 bits per heavy atom. The molecule has 2 nitrogen and oxygen atoms in total. The monoisotopic (exact) mass is 218 g/mol. The summed E-state index contributed by atoms with van der Waals surface area (Å²) in [6.07, 6.45) is 0. The van der Waals surface area contributed by atoms with Crippen molar-refractivity contribution >= 4 is 5.69 Å². The molecule has 0 aliphatic carbocycles. The van der Waals surface area contributed by atoms with E-state index in [4.69, 9.17) is 0 Å². The summed E-state index contributed by atoms with van der Waals surface area (Å²) in [7, 11) is 0. The van der Waals surface area contributed by atoms with E-state index in [-0.39, 0.29) is 0 Å². The van der Waals surface area contributed by atoms with E-state index in [1.54, 1.807) is 0 Å². The van der Waals surface area contributed by atoms with Crippen LogP contribution >= 0.6 is 0 Å². The van der Waals surface area contributed by atoms with Crippen molar-refractivity contribution in [3.63, 3.8) is 0 Å². The zero-order valence-electron chi connectivity index (χ0n) is 10.7. The van der Waals surface area contributed by atoms with E-state index in [9.17, 15) is 0 Å². The van der Waals surface area contributed by atoms with Gasteiger partial charge in [-0.3, -0.25) is 0 Å². The van der Waals surface area contributed by atoms with E-state index >= 15 is 0 Å². The van der Waals surface area contributed by atoms with Gasteiger partial charge in [-0.05, 0) is 51.0 Å². The zero-order chi connectivity index (χ0) is 11.7. The van der Waals surface area contributed by atoms with Gasteiger partial charge in [0.15, 0.2) is 0 Å². The molecule has 0 saturated carbocycles. The second kappa shape index (κ2) is 4.46. The van der Waals surface area contributed by atoms with E-state index in [1.165, 1.54) is 16.8 Å². The first-order valence-electron chi connectivity index (χ1n) is 6.14. The van der Waals surface area contributed by atoms with E-state index in [2.05, 4.69) is 56.1 Å². The molecule has 1 aromatic carbocycles. The van der Waals surface area contributed by atoms with Crippen molar-refractivity contribution in [2.75, 3.05) is 18.0 Å². The smallest absolute Gasteiger partial charge is 0.0370 e. The Labute approximate surface area is 98.7 Å². The Morgan fingerprint density at radius 1 is 1.06 bits per heavy atom. The van der Waals surface area contributed by atoms with Crippen molar-refractivity contribution in [3.8, 4) is 0 Å². The molecule has 1 heterocycles. The third-order valence-electron chi connectivity index (χ3n) is 3.41. The summed E-state index contributed by atoms with van der Waals surface area (Å²) in [5.74, 6) is 0. The molecule has 0 radical (unpaired) electrons. The summed E-state index contributed by atoms with van der Waals surface area (Å²) < 4.78 is 0. The minimum absolute atomic E-state index is 0.574. The van der Waals surface area contributed by atoms with Crippen LogP contribution in [-0.2, 0) is 0 Å². The molecule has 16 heavy (non-hydrogen) atoms. The van der Waals surface area contributed by atoms with Gasteiger partial charge in [0.25, 0.3) is 0 Å². The first-order valence-corrected chi connectivity index (χ1v) is 6.14. The number of nitrogens with zero attached hydrogens (tertiary/aromatic N) is 1. The summed E-state index contributed by atoms with van der Waals surface area (Å²) in [6, 6.07) is 7.92. The molecule has 88 valence electrons. The molecule has 0 amide bonds.